The number of amides is 1. The van der Waals surface area contributed by atoms with Gasteiger partial charge in [-0.25, -0.2) is 4.79 Å². The van der Waals surface area contributed by atoms with Gasteiger partial charge in [-0.15, -0.1) is 0 Å². The van der Waals surface area contributed by atoms with Crippen molar-refractivity contribution in [2.24, 2.45) is 0 Å². The van der Waals surface area contributed by atoms with Crippen molar-refractivity contribution >= 4 is 11.9 Å². The number of carboxylic acid groups (broad SMARTS) is 1. The molecule has 5 heteroatoms. The number of benzene rings is 1. The number of hydrogen-bond donors (Lipinski definition) is 2. The van der Waals surface area contributed by atoms with Crippen molar-refractivity contribution in [3.8, 4) is 0 Å². The number of rotatable bonds is 3. The molecule has 0 spiro atoms. The van der Waals surface area contributed by atoms with E-state index in [9.17, 15) is 14.7 Å². The maximum absolute atomic E-state index is 12.4. The smallest absolute Gasteiger partial charge is 0.335 e. The Morgan fingerprint density at radius 1 is 1.20 bits per heavy atom. The number of hydrogen-bond acceptors (Lipinski definition) is 3. The molecule has 0 bridgehead atoms. The van der Waals surface area contributed by atoms with E-state index in [1.54, 1.807) is 4.90 Å². The molecule has 0 aliphatic carbocycles. The van der Waals surface area contributed by atoms with Gasteiger partial charge in [0.1, 0.15) is 0 Å². The molecule has 0 saturated carbocycles. The topological polar surface area (TPSA) is 77.8 Å². The Balaban J connectivity index is 2.00. The monoisotopic (exact) mass is 277 g/mol. The fourth-order valence-electron chi connectivity index (χ4n) is 2.47. The van der Waals surface area contributed by atoms with Crippen LogP contribution in [0.3, 0.4) is 0 Å². The van der Waals surface area contributed by atoms with Crippen molar-refractivity contribution in [3.63, 3.8) is 0 Å². The lowest BCUT2D eigenvalue weighted by atomic mass is 9.90. The lowest BCUT2D eigenvalue weighted by molar-refractivity contribution is -0.165. The highest BCUT2D eigenvalue weighted by Crippen LogP contribution is 2.25. The molecule has 108 valence electrons. The lowest BCUT2D eigenvalue weighted by Gasteiger charge is -2.36. The number of carboxylic acids is 1. The van der Waals surface area contributed by atoms with Crippen molar-refractivity contribution in [1.82, 2.24) is 4.90 Å². The normalized spacial score (nSPS) is 19.4. The second-order valence-corrected chi connectivity index (χ2v) is 5.29. The molecule has 2 rings (SSSR count). The van der Waals surface area contributed by atoms with Crippen LogP contribution in [0.2, 0.25) is 0 Å². The zero-order valence-electron chi connectivity index (χ0n) is 11.5. The van der Waals surface area contributed by atoms with Gasteiger partial charge in [-0.1, -0.05) is 30.3 Å². The molecule has 1 atom stereocenters. The number of carbonyl (C=O) groups excluding carboxylic acids is 1. The standard InChI is InChI=1S/C15H19NO4/c1-11(12-5-3-2-4-6-12)13(17)16-9-7-15(20,8-10-16)14(18)19/h2-6,11,20H,7-10H2,1H3,(H,18,19). The summed E-state index contributed by atoms with van der Waals surface area (Å²) in [4.78, 5) is 25.0. The van der Waals surface area contributed by atoms with Gasteiger partial charge in [0.25, 0.3) is 0 Å². The summed E-state index contributed by atoms with van der Waals surface area (Å²) in [6.07, 6.45) is 0.158. The summed E-state index contributed by atoms with van der Waals surface area (Å²) in [5, 5.41) is 18.8. The predicted molar refractivity (Wildman–Crippen MR) is 73.3 cm³/mol. The predicted octanol–water partition coefficient (Wildman–Crippen LogP) is 1.23. The van der Waals surface area contributed by atoms with Crippen LogP contribution in [0.15, 0.2) is 30.3 Å². The van der Waals surface area contributed by atoms with Gasteiger partial charge in [0, 0.05) is 25.9 Å². The molecular formula is C15H19NO4. The van der Waals surface area contributed by atoms with E-state index >= 15 is 0 Å². The first kappa shape index (κ1) is 14.5. The SMILES string of the molecule is CC(C(=O)N1CCC(O)(C(=O)O)CC1)c1ccccc1. The second-order valence-electron chi connectivity index (χ2n) is 5.29. The molecule has 1 unspecified atom stereocenters. The molecule has 2 N–H and O–H groups in total. The summed E-state index contributed by atoms with van der Waals surface area (Å²) >= 11 is 0. The Morgan fingerprint density at radius 2 is 1.75 bits per heavy atom. The number of piperidine rings is 1. The number of likely N-dealkylation sites (tertiary alicyclic amines) is 1. The van der Waals surface area contributed by atoms with Gasteiger partial charge < -0.3 is 15.1 Å². The van der Waals surface area contributed by atoms with E-state index in [1.807, 2.05) is 37.3 Å². The minimum absolute atomic E-state index is 0.0244. The number of carbonyl (C=O) groups is 2. The molecule has 1 fully saturated rings. The highest BCUT2D eigenvalue weighted by Gasteiger charge is 2.40. The Labute approximate surface area is 117 Å². The molecule has 1 aliphatic rings. The summed E-state index contributed by atoms with van der Waals surface area (Å²) in [7, 11) is 0. The molecule has 1 aliphatic heterocycles. The molecule has 1 amide bonds. The third kappa shape index (κ3) is 2.82. The third-order valence-corrected chi connectivity index (χ3v) is 3.97. The fourth-order valence-corrected chi connectivity index (χ4v) is 2.47. The average Bonchev–Trinajstić information content (AvgIpc) is 2.47. The zero-order chi connectivity index (χ0) is 14.8. The van der Waals surface area contributed by atoms with Crippen LogP contribution in [0, 0.1) is 0 Å². The summed E-state index contributed by atoms with van der Waals surface area (Å²) < 4.78 is 0. The van der Waals surface area contributed by atoms with Gasteiger partial charge >= 0.3 is 5.97 Å². The van der Waals surface area contributed by atoms with E-state index in [0.717, 1.165) is 5.56 Å². The van der Waals surface area contributed by atoms with Gasteiger partial charge in [-0.2, -0.15) is 0 Å². The van der Waals surface area contributed by atoms with Gasteiger partial charge in [-0.3, -0.25) is 4.79 Å². The van der Waals surface area contributed by atoms with Crippen LogP contribution in [0.4, 0.5) is 0 Å². The number of nitrogens with zero attached hydrogens (tertiary/aromatic N) is 1. The highest BCUT2D eigenvalue weighted by atomic mass is 16.4. The fraction of sp³-hybridized carbons (Fsp3) is 0.467. The summed E-state index contributed by atoms with van der Waals surface area (Å²) in [6.45, 7) is 2.40. The van der Waals surface area contributed by atoms with Crippen LogP contribution in [0.1, 0.15) is 31.2 Å². The van der Waals surface area contributed by atoms with E-state index in [0.29, 0.717) is 0 Å². The first-order chi connectivity index (χ1) is 9.44. The van der Waals surface area contributed by atoms with Gasteiger partial charge in [0.2, 0.25) is 5.91 Å². The van der Waals surface area contributed by atoms with Crippen molar-refractivity contribution in [1.29, 1.82) is 0 Å². The van der Waals surface area contributed by atoms with Gasteiger partial charge in [-0.05, 0) is 12.5 Å². The Hall–Kier alpha value is -1.88. The van der Waals surface area contributed by atoms with Crippen molar-refractivity contribution in [3.05, 3.63) is 35.9 Å². The van der Waals surface area contributed by atoms with Crippen LogP contribution in [0.25, 0.3) is 0 Å². The van der Waals surface area contributed by atoms with E-state index in [4.69, 9.17) is 5.11 Å². The Bertz CT molecular complexity index is 492. The third-order valence-electron chi connectivity index (χ3n) is 3.97. The largest absolute Gasteiger partial charge is 0.479 e. The maximum atomic E-state index is 12.4. The zero-order valence-corrected chi connectivity index (χ0v) is 11.5. The molecule has 20 heavy (non-hydrogen) atoms. The van der Waals surface area contributed by atoms with Crippen LogP contribution in [-0.4, -0.2) is 45.7 Å². The molecule has 1 saturated heterocycles. The molecule has 0 radical (unpaired) electrons. The first-order valence-corrected chi connectivity index (χ1v) is 6.73. The highest BCUT2D eigenvalue weighted by molar-refractivity contribution is 5.84. The molecular weight excluding hydrogens is 258 g/mol. The minimum atomic E-state index is -1.69. The number of aliphatic carboxylic acids is 1. The molecule has 5 nitrogen and oxygen atoms in total. The number of aliphatic hydroxyl groups is 1. The van der Waals surface area contributed by atoms with Crippen LogP contribution >= 0.6 is 0 Å². The second kappa shape index (κ2) is 5.63. The average molecular weight is 277 g/mol. The van der Waals surface area contributed by atoms with Gasteiger partial charge in [0.15, 0.2) is 5.60 Å². The van der Waals surface area contributed by atoms with Crippen molar-refractivity contribution in [2.45, 2.75) is 31.3 Å². The molecule has 1 heterocycles. The van der Waals surface area contributed by atoms with E-state index in [-0.39, 0.29) is 37.8 Å². The minimum Gasteiger partial charge on any atom is -0.479 e. The van der Waals surface area contributed by atoms with Crippen LogP contribution in [0.5, 0.6) is 0 Å². The summed E-state index contributed by atoms with van der Waals surface area (Å²) in [5.74, 6) is -1.49. The Kier molecular flexibility index (Phi) is 4.09. The Morgan fingerprint density at radius 3 is 2.25 bits per heavy atom. The van der Waals surface area contributed by atoms with E-state index in [1.165, 1.54) is 0 Å². The molecule has 1 aromatic carbocycles. The summed E-state index contributed by atoms with van der Waals surface area (Å²) in [6, 6.07) is 9.48. The maximum Gasteiger partial charge on any atom is 0.335 e. The quantitative estimate of drug-likeness (QED) is 0.871. The van der Waals surface area contributed by atoms with Crippen LogP contribution < -0.4 is 0 Å². The van der Waals surface area contributed by atoms with E-state index in [2.05, 4.69) is 0 Å². The molecule has 0 aromatic heterocycles. The summed E-state index contributed by atoms with van der Waals surface area (Å²) in [5.41, 5.74) is -0.746. The van der Waals surface area contributed by atoms with E-state index < -0.39 is 11.6 Å². The molecule has 1 aromatic rings. The van der Waals surface area contributed by atoms with Crippen molar-refractivity contribution < 1.29 is 19.8 Å². The lowest BCUT2D eigenvalue weighted by Crippen LogP contribution is -2.51. The first-order valence-electron chi connectivity index (χ1n) is 6.73. The van der Waals surface area contributed by atoms with Crippen LogP contribution in [-0.2, 0) is 9.59 Å². The van der Waals surface area contributed by atoms with Gasteiger partial charge in [0.05, 0.1) is 5.92 Å². The van der Waals surface area contributed by atoms with Crippen molar-refractivity contribution in [2.75, 3.05) is 13.1 Å².